The van der Waals surface area contributed by atoms with Gasteiger partial charge >= 0.3 is 0 Å². The summed E-state index contributed by atoms with van der Waals surface area (Å²) >= 11 is 14.9. The Morgan fingerprint density at radius 3 is 2.32 bits per heavy atom. The molecule has 0 aliphatic rings. The van der Waals surface area contributed by atoms with Gasteiger partial charge in [-0.05, 0) is 42.0 Å². The molecule has 1 nitrogen and oxygen atoms in total. The number of benzene rings is 2. The fourth-order valence-corrected chi connectivity index (χ4v) is 2.43. The number of hydrogen-bond acceptors (Lipinski definition) is 1. The lowest BCUT2D eigenvalue weighted by molar-refractivity contribution is 0.103. The fourth-order valence-electron chi connectivity index (χ4n) is 1.67. The third-order valence-electron chi connectivity index (χ3n) is 2.59. The van der Waals surface area contributed by atoms with Crippen LogP contribution >= 0.6 is 39.1 Å². The molecule has 0 N–H and O–H groups in total. The van der Waals surface area contributed by atoms with Crippen molar-refractivity contribution in [2.24, 2.45) is 0 Å². The van der Waals surface area contributed by atoms with E-state index in [0.717, 1.165) is 0 Å². The van der Waals surface area contributed by atoms with Crippen molar-refractivity contribution in [3.05, 3.63) is 69.0 Å². The Hall–Kier alpha value is -0.900. The predicted molar refractivity (Wildman–Crippen MR) is 78.9 cm³/mol. The molecule has 0 saturated carbocycles. The van der Waals surface area contributed by atoms with Crippen molar-refractivity contribution in [2.45, 2.75) is 5.33 Å². The molecule has 0 unspecified atom stereocenters. The van der Waals surface area contributed by atoms with Crippen molar-refractivity contribution in [2.75, 3.05) is 0 Å². The van der Waals surface area contributed by atoms with E-state index >= 15 is 0 Å². The molecule has 0 atom stereocenters. The summed E-state index contributed by atoms with van der Waals surface area (Å²) in [5.41, 5.74) is 0.903. The van der Waals surface area contributed by atoms with Gasteiger partial charge in [-0.15, -0.1) is 0 Å². The molecule has 0 radical (unpaired) electrons. The van der Waals surface area contributed by atoms with Crippen molar-refractivity contribution >= 4 is 44.9 Å². The van der Waals surface area contributed by atoms with Crippen LogP contribution in [0.2, 0.25) is 10.0 Å². The van der Waals surface area contributed by atoms with Crippen LogP contribution < -0.4 is 0 Å². The second kappa shape index (κ2) is 6.04. The smallest absolute Gasteiger partial charge is 0.197 e. The highest BCUT2D eigenvalue weighted by Crippen LogP contribution is 2.26. The Kier molecular flexibility index (Phi) is 4.61. The predicted octanol–water partition coefficient (Wildman–Crippen LogP) is 5.26. The Morgan fingerprint density at radius 2 is 1.79 bits per heavy atom. The van der Waals surface area contributed by atoms with E-state index < -0.39 is 11.6 Å². The zero-order valence-corrected chi connectivity index (χ0v) is 12.7. The number of carbonyl (C=O) groups is 1. The zero-order chi connectivity index (χ0) is 14.0. The van der Waals surface area contributed by atoms with Crippen molar-refractivity contribution in [1.29, 1.82) is 0 Å². The highest BCUT2D eigenvalue weighted by atomic mass is 79.9. The van der Waals surface area contributed by atoms with Gasteiger partial charge in [0.25, 0.3) is 0 Å². The molecule has 0 aromatic heterocycles. The van der Waals surface area contributed by atoms with Gasteiger partial charge < -0.3 is 0 Å². The first-order valence-electron chi connectivity index (χ1n) is 5.37. The number of hydrogen-bond donors (Lipinski definition) is 0. The van der Waals surface area contributed by atoms with Crippen LogP contribution in [0.4, 0.5) is 4.39 Å². The highest BCUT2D eigenvalue weighted by molar-refractivity contribution is 9.08. The summed E-state index contributed by atoms with van der Waals surface area (Å²) in [7, 11) is 0. The highest BCUT2D eigenvalue weighted by Gasteiger charge is 2.18. The molecular weight excluding hydrogens is 354 g/mol. The standard InChI is InChI=1S/C14H8BrCl2FO/c15-7-8-5-11(17)13(12(18)6-8)14(19)9-1-3-10(16)4-2-9/h1-6H,7H2. The topological polar surface area (TPSA) is 17.1 Å². The molecule has 2 aromatic carbocycles. The van der Waals surface area contributed by atoms with E-state index in [1.807, 2.05) is 0 Å². The summed E-state index contributed by atoms with van der Waals surface area (Å²) in [4.78, 5) is 12.2. The van der Waals surface area contributed by atoms with Crippen LogP contribution in [-0.2, 0) is 5.33 Å². The van der Waals surface area contributed by atoms with E-state index in [0.29, 0.717) is 21.5 Å². The van der Waals surface area contributed by atoms with Crippen molar-refractivity contribution < 1.29 is 9.18 Å². The Bertz CT molecular complexity index is 603. The number of halogens is 4. The molecule has 5 heteroatoms. The molecule has 0 heterocycles. The number of rotatable bonds is 3. The van der Waals surface area contributed by atoms with Gasteiger partial charge in [0.1, 0.15) is 5.82 Å². The minimum absolute atomic E-state index is 0.106. The maximum atomic E-state index is 14.0. The average Bonchev–Trinajstić information content (AvgIpc) is 2.38. The minimum Gasteiger partial charge on any atom is -0.288 e. The second-order valence-corrected chi connectivity index (χ2v) is 5.31. The van der Waals surface area contributed by atoms with Gasteiger partial charge in [-0.25, -0.2) is 4.39 Å². The fraction of sp³-hybridized carbons (Fsp3) is 0.0714. The number of alkyl halides is 1. The SMILES string of the molecule is O=C(c1ccc(Cl)cc1)c1c(F)cc(CBr)cc1Cl. The molecule has 0 amide bonds. The molecule has 2 rings (SSSR count). The van der Waals surface area contributed by atoms with Crippen molar-refractivity contribution in [3.63, 3.8) is 0 Å². The number of ketones is 1. The summed E-state index contributed by atoms with van der Waals surface area (Å²) in [6, 6.07) is 9.10. The van der Waals surface area contributed by atoms with Crippen molar-refractivity contribution in [3.8, 4) is 0 Å². The van der Waals surface area contributed by atoms with E-state index in [2.05, 4.69) is 15.9 Å². The third-order valence-corrected chi connectivity index (χ3v) is 3.79. The van der Waals surface area contributed by atoms with Crippen LogP contribution in [0.5, 0.6) is 0 Å². The first kappa shape index (κ1) is 14.5. The van der Waals surface area contributed by atoms with Gasteiger partial charge in [-0.2, -0.15) is 0 Å². The van der Waals surface area contributed by atoms with Gasteiger partial charge in [-0.3, -0.25) is 4.79 Å². The van der Waals surface area contributed by atoms with Crippen molar-refractivity contribution in [1.82, 2.24) is 0 Å². The second-order valence-electron chi connectivity index (χ2n) is 3.90. The maximum Gasteiger partial charge on any atom is 0.197 e. The molecule has 0 spiro atoms. The van der Waals surface area contributed by atoms with E-state index in [1.165, 1.54) is 6.07 Å². The van der Waals surface area contributed by atoms with Gasteiger partial charge in [0.15, 0.2) is 5.78 Å². The van der Waals surface area contributed by atoms with Crippen LogP contribution in [0.1, 0.15) is 21.5 Å². The monoisotopic (exact) mass is 360 g/mol. The molecule has 0 saturated heterocycles. The molecule has 0 aliphatic heterocycles. The third kappa shape index (κ3) is 3.16. The molecule has 2 aromatic rings. The first-order valence-corrected chi connectivity index (χ1v) is 7.25. The normalized spacial score (nSPS) is 10.5. The summed E-state index contributed by atoms with van der Waals surface area (Å²) in [6.07, 6.45) is 0. The van der Waals surface area contributed by atoms with Crippen LogP contribution in [0.15, 0.2) is 36.4 Å². The summed E-state index contributed by atoms with van der Waals surface area (Å²) < 4.78 is 14.0. The Balaban J connectivity index is 2.47. The van der Waals surface area contributed by atoms with Crippen LogP contribution in [-0.4, -0.2) is 5.78 Å². The van der Waals surface area contributed by atoms with Crippen LogP contribution in [0.3, 0.4) is 0 Å². The van der Waals surface area contributed by atoms with Gasteiger partial charge in [0.2, 0.25) is 0 Å². The first-order chi connectivity index (χ1) is 9.02. The quantitative estimate of drug-likeness (QED) is 0.538. The molecule has 0 bridgehead atoms. The average molecular weight is 362 g/mol. The molecule has 0 aliphatic carbocycles. The van der Waals surface area contributed by atoms with E-state index in [9.17, 15) is 9.18 Å². The van der Waals surface area contributed by atoms with E-state index in [4.69, 9.17) is 23.2 Å². The molecule has 19 heavy (non-hydrogen) atoms. The lowest BCUT2D eigenvalue weighted by atomic mass is 10.0. The molecule has 98 valence electrons. The van der Waals surface area contributed by atoms with Crippen LogP contribution in [0.25, 0.3) is 0 Å². The maximum absolute atomic E-state index is 14.0. The van der Waals surface area contributed by atoms with Gasteiger partial charge in [0.05, 0.1) is 10.6 Å². The largest absolute Gasteiger partial charge is 0.288 e. The van der Waals surface area contributed by atoms with E-state index in [1.54, 1.807) is 30.3 Å². The molecular formula is C14H8BrCl2FO. The summed E-state index contributed by atoms with van der Waals surface area (Å²) in [6.45, 7) is 0. The zero-order valence-electron chi connectivity index (χ0n) is 9.59. The molecule has 0 fully saturated rings. The minimum atomic E-state index is -0.623. The Morgan fingerprint density at radius 1 is 1.16 bits per heavy atom. The summed E-state index contributed by atoms with van der Waals surface area (Å²) in [5.74, 6) is -1.08. The Labute approximate surface area is 128 Å². The van der Waals surface area contributed by atoms with E-state index in [-0.39, 0.29) is 10.6 Å². The number of carbonyl (C=O) groups excluding carboxylic acids is 1. The lowest BCUT2D eigenvalue weighted by Gasteiger charge is -2.07. The van der Waals surface area contributed by atoms with Crippen LogP contribution in [0, 0.1) is 5.82 Å². The van der Waals surface area contributed by atoms with Gasteiger partial charge in [-0.1, -0.05) is 39.1 Å². The van der Waals surface area contributed by atoms with Gasteiger partial charge in [0, 0.05) is 15.9 Å². The lowest BCUT2D eigenvalue weighted by Crippen LogP contribution is -2.06. The summed E-state index contributed by atoms with van der Waals surface area (Å²) in [5, 5.41) is 1.09.